The molecular formula is C18H25FN2O4S. The van der Waals surface area contributed by atoms with Crippen molar-refractivity contribution in [2.24, 2.45) is 11.8 Å². The molecular weight excluding hydrogens is 359 g/mol. The number of nitrogens with zero attached hydrogens (tertiary/aromatic N) is 1. The molecule has 3 rings (SSSR count). The molecule has 0 spiro atoms. The number of fused-ring (bicyclic) bond motifs is 1. The zero-order valence-corrected chi connectivity index (χ0v) is 15.9. The maximum Gasteiger partial charge on any atom is 0.326 e. The third-order valence-corrected chi connectivity index (χ3v) is 6.57. The summed E-state index contributed by atoms with van der Waals surface area (Å²) in [6.07, 6.45) is 5.36. The van der Waals surface area contributed by atoms with E-state index in [1.54, 1.807) is 4.72 Å². The van der Waals surface area contributed by atoms with Gasteiger partial charge >= 0.3 is 10.2 Å². The summed E-state index contributed by atoms with van der Waals surface area (Å²) in [7, 11) is -4.16. The van der Waals surface area contributed by atoms with Gasteiger partial charge in [-0.05, 0) is 48.3 Å². The molecule has 0 unspecified atom stereocenters. The van der Waals surface area contributed by atoms with Crippen LogP contribution in [0.3, 0.4) is 0 Å². The van der Waals surface area contributed by atoms with Gasteiger partial charge in [-0.15, -0.1) is 0 Å². The molecule has 8 heteroatoms. The molecule has 0 bridgehead atoms. The van der Waals surface area contributed by atoms with E-state index in [4.69, 9.17) is 0 Å². The van der Waals surface area contributed by atoms with Crippen molar-refractivity contribution >= 4 is 21.8 Å². The predicted octanol–water partition coefficient (Wildman–Crippen LogP) is 2.64. The van der Waals surface area contributed by atoms with Gasteiger partial charge in [0.15, 0.2) is 5.82 Å². The number of rotatable bonds is 5. The number of phenolic OH excluding ortho intramolecular Hbond substituents is 1. The van der Waals surface area contributed by atoms with Crippen LogP contribution in [0.4, 0.5) is 10.1 Å². The first-order valence-electron chi connectivity index (χ1n) is 9.05. The molecule has 1 atom stereocenters. The molecule has 26 heavy (non-hydrogen) atoms. The minimum Gasteiger partial charge on any atom is -0.506 e. The van der Waals surface area contributed by atoms with E-state index in [2.05, 4.69) is 13.8 Å². The van der Waals surface area contributed by atoms with Gasteiger partial charge < -0.3 is 5.11 Å². The standard InChI is InChI=1S/C18H25FN2O4S/c1-11(2)4-3-5-12-6-7-13-9-15(22)18(17(19)14(13)8-12)21-10-16(23)20-26(21,24)25/h9,11-12,22H,3-8,10H2,1-2H3,(H,20,23)/t12-/m0/s1. The quantitative estimate of drug-likeness (QED) is 0.817. The number of phenols is 1. The number of benzene rings is 1. The van der Waals surface area contributed by atoms with Crippen molar-refractivity contribution in [3.8, 4) is 5.75 Å². The fraction of sp³-hybridized carbons (Fsp3) is 0.611. The Morgan fingerprint density at radius 3 is 2.77 bits per heavy atom. The van der Waals surface area contributed by atoms with Gasteiger partial charge in [-0.25, -0.2) is 13.4 Å². The number of aryl methyl sites for hydroxylation is 1. The number of carbonyl (C=O) groups is 1. The molecule has 144 valence electrons. The van der Waals surface area contributed by atoms with Crippen LogP contribution in [-0.2, 0) is 27.8 Å². The molecule has 1 fully saturated rings. The smallest absolute Gasteiger partial charge is 0.326 e. The lowest BCUT2D eigenvalue weighted by molar-refractivity contribution is -0.117. The second-order valence-electron chi connectivity index (χ2n) is 7.67. The minimum atomic E-state index is -4.16. The second kappa shape index (κ2) is 7.06. The summed E-state index contributed by atoms with van der Waals surface area (Å²) < 4.78 is 41.6. The highest BCUT2D eigenvalue weighted by Gasteiger charge is 2.39. The average Bonchev–Trinajstić information content (AvgIpc) is 2.80. The number of halogens is 1. The highest BCUT2D eigenvalue weighted by atomic mass is 32.2. The molecule has 1 amide bonds. The Morgan fingerprint density at radius 1 is 1.42 bits per heavy atom. The first kappa shape index (κ1) is 18.9. The predicted molar refractivity (Wildman–Crippen MR) is 96.7 cm³/mol. The van der Waals surface area contributed by atoms with E-state index >= 15 is 4.39 Å². The van der Waals surface area contributed by atoms with Crippen LogP contribution in [-0.4, -0.2) is 26.0 Å². The average molecular weight is 384 g/mol. The number of hydrogen-bond donors (Lipinski definition) is 2. The van der Waals surface area contributed by atoms with Crippen LogP contribution in [0.2, 0.25) is 0 Å². The third-order valence-electron chi connectivity index (χ3n) is 5.19. The van der Waals surface area contributed by atoms with Crippen LogP contribution in [0.5, 0.6) is 5.75 Å². The number of aromatic hydroxyl groups is 1. The summed E-state index contributed by atoms with van der Waals surface area (Å²) in [5, 5.41) is 10.2. The number of amides is 1. The molecule has 6 nitrogen and oxygen atoms in total. The van der Waals surface area contributed by atoms with E-state index in [9.17, 15) is 18.3 Å². The van der Waals surface area contributed by atoms with Gasteiger partial charge in [0.05, 0.1) is 0 Å². The van der Waals surface area contributed by atoms with Gasteiger partial charge in [-0.1, -0.05) is 33.1 Å². The molecule has 0 saturated carbocycles. The van der Waals surface area contributed by atoms with Crippen molar-refractivity contribution < 1.29 is 22.7 Å². The fourth-order valence-corrected chi connectivity index (χ4v) is 5.02. The van der Waals surface area contributed by atoms with E-state index in [1.165, 1.54) is 6.07 Å². The molecule has 2 aliphatic rings. The van der Waals surface area contributed by atoms with Crippen molar-refractivity contribution in [3.05, 3.63) is 23.0 Å². The molecule has 1 saturated heterocycles. The molecule has 1 aromatic rings. The topological polar surface area (TPSA) is 86.7 Å². The highest BCUT2D eigenvalue weighted by Crippen LogP contribution is 2.41. The molecule has 0 radical (unpaired) electrons. The summed E-state index contributed by atoms with van der Waals surface area (Å²) in [5.74, 6) is -0.930. The van der Waals surface area contributed by atoms with Gasteiger partial charge in [-0.2, -0.15) is 8.42 Å². The molecule has 1 aliphatic carbocycles. The Hall–Kier alpha value is -1.83. The Kier molecular flexibility index (Phi) is 5.14. The van der Waals surface area contributed by atoms with Gasteiger partial charge in [0.1, 0.15) is 18.0 Å². The lowest BCUT2D eigenvalue weighted by atomic mass is 9.80. The first-order valence-corrected chi connectivity index (χ1v) is 10.5. The summed E-state index contributed by atoms with van der Waals surface area (Å²) in [4.78, 5) is 11.4. The number of nitrogens with one attached hydrogen (secondary N) is 1. The second-order valence-corrected chi connectivity index (χ2v) is 9.26. The van der Waals surface area contributed by atoms with E-state index in [0.29, 0.717) is 34.5 Å². The van der Waals surface area contributed by atoms with E-state index in [0.717, 1.165) is 31.2 Å². The lowest BCUT2D eigenvalue weighted by Crippen LogP contribution is -2.31. The van der Waals surface area contributed by atoms with E-state index < -0.39 is 39.9 Å². The van der Waals surface area contributed by atoms with Crippen molar-refractivity contribution in [1.82, 2.24) is 4.72 Å². The first-order chi connectivity index (χ1) is 12.2. The summed E-state index contributed by atoms with van der Waals surface area (Å²) in [5.41, 5.74) is 0.762. The molecule has 1 aromatic carbocycles. The maximum absolute atomic E-state index is 15.2. The van der Waals surface area contributed by atoms with Crippen LogP contribution >= 0.6 is 0 Å². The van der Waals surface area contributed by atoms with E-state index in [-0.39, 0.29) is 0 Å². The van der Waals surface area contributed by atoms with Crippen LogP contribution in [0.25, 0.3) is 0 Å². The lowest BCUT2D eigenvalue weighted by Gasteiger charge is -2.28. The number of hydrogen-bond acceptors (Lipinski definition) is 4. The Bertz CT molecular complexity index is 823. The van der Waals surface area contributed by atoms with Gasteiger partial charge in [0.2, 0.25) is 0 Å². The van der Waals surface area contributed by atoms with Gasteiger partial charge in [0, 0.05) is 0 Å². The van der Waals surface area contributed by atoms with E-state index in [1.807, 2.05) is 0 Å². The molecule has 1 aliphatic heterocycles. The highest BCUT2D eigenvalue weighted by molar-refractivity contribution is 7.92. The van der Waals surface area contributed by atoms with Crippen molar-refractivity contribution in [3.63, 3.8) is 0 Å². The summed E-state index contributed by atoms with van der Waals surface area (Å²) in [6.45, 7) is 3.83. The van der Waals surface area contributed by atoms with Crippen molar-refractivity contribution in [2.45, 2.75) is 52.4 Å². The zero-order chi connectivity index (χ0) is 19.1. The van der Waals surface area contributed by atoms with Crippen LogP contribution in [0, 0.1) is 17.7 Å². The Morgan fingerprint density at radius 2 is 2.15 bits per heavy atom. The van der Waals surface area contributed by atoms with Gasteiger partial charge in [0.25, 0.3) is 5.91 Å². The Labute approximate surface area is 153 Å². The SMILES string of the molecule is CC(C)CCC[C@H]1CCc2cc(O)c(N3CC(=O)NS3(=O)=O)c(F)c2C1. The van der Waals surface area contributed by atoms with Crippen LogP contribution in [0.15, 0.2) is 6.07 Å². The zero-order valence-electron chi connectivity index (χ0n) is 15.1. The monoisotopic (exact) mass is 384 g/mol. The minimum absolute atomic E-state index is 0.350. The van der Waals surface area contributed by atoms with Crippen LogP contribution < -0.4 is 9.03 Å². The summed E-state index contributed by atoms with van der Waals surface area (Å²) >= 11 is 0. The van der Waals surface area contributed by atoms with Gasteiger partial charge in [-0.3, -0.25) is 4.79 Å². The largest absolute Gasteiger partial charge is 0.506 e. The number of carbonyl (C=O) groups excluding carboxylic acids is 1. The van der Waals surface area contributed by atoms with Crippen molar-refractivity contribution in [1.29, 1.82) is 0 Å². The van der Waals surface area contributed by atoms with Crippen LogP contribution in [0.1, 0.15) is 50.7 Å². The van der Waals surface area contributed by atoms with Crippen molar-refractivity contribution in [2.75, 3.05) is 10.8 Å². The third kappa shape index (κ3) is 3.65. The Balaban J connectivity index is 1.88. The normalized spacial score (nSPS) is 21.8. The molecule has 0 aromatic heterocycles. The summed E-state index contributed by atoms with van der Waals surface area (Å²) in [6, 6.07) is 1.44. The fourth-order valence-electron chi connectivity index (χ4n) is 3.86. The maximum atomic E-state index is 15.2. The number of anilines is 1. The molecule has 2 N–H and O–H groups in total. The molecule has 1 heterocycles.